The first-order valence-electron chi connectivity index (χ1n) is 10.0. The van der Waals surface area contributed by atoms with Crippen molar-refractivity contribution in [1.82, 2.24) is 20.5 Å². The van der Waals surface area contributed by atoms with Gasteiger partial charge < -0.3 is 20.0 Å². The van der Waals surface area contributed by atoms with Gasteiger partial charge in [0.25, 0.3) is 0 Å². The summed E-state index contributed by atoms with van der Waals surface area (Å²) in [6, 6.07) is 4.74. The van der Waals surface area contributed by atoms with Crippen molar-refractivity contribution in [2.24, 2.45) is 4.99 Å². The van der Waals surface area contributed by atoms with Crippen molar-refractivity contribution >= 4 is 17.3 Å². The summed E-state index contributed by atoms with van der Waals surface area (Å²) in [5.41, 5.74) is 0.845. The Balaban J connectivity index is 1.45. The van der Waals surface area contributed by atoms with Crippen LogP contribution < -0.4 is 10.6 Å². The second kappa shape index (κ2) is 10.5. The van der Waals surface area contributed by atoms with Crippen LogP contribution in [0.25, 0.3) is 10.8 Å². The Morgan fingerprint density at radius 3 is 3.11 bits per heavy atom. The highest BCUT2D eigenvalue weighted by Crippen LogP contribution is 2.23. The maximum absolute atomic E-state index is 5.56. The highest BCUT2D eigenvalue weighted by Gasteiger charge is 2.17. The van der Waals surface area contributed by atoms with Gasteiger partial charge in [-0.25, -0.2) is 9.98 Å². The molecule has 2 aromatic heterocycles. The number of aromatic nitrogens is 1. The molecule has 0 spiro atoms. The van der Waals surface area contributed by atoms with E-state index in [0.717, 1.165) is 48.6 Å². The van der Waals surface area contributed by atoms with Crippen LogP contribution in [0.2, 0.25) is 0 Å². The molecule has 3 rings (SSSR count). The lowest BCUT2D eigenvalue weighted by molar-refractivity contribution is 0.159. The van der Waals surface area contributed by atoms with E-state index in [-0.39, 0.29) is 0 Å². The molecule has 1 saturated heterocycles. The summed E-state index contributed by atoms with van der Waals surface area (Å²) in [7, 11) is 0. The highest BCUT2D eigenvalue weighted by atomic mass is 32.1. The summed E-state index contributed by atoms with van der Waals surface area (Å²) >= 11 is 1.63. The van der Waals surface area contributed by atoms with E-state index in [2.05, 4.69) is 39.4 Å². The Morgan fingerprint density at radius 1 is 1.41 bits per heavy atom. The number of likely N-dealkylation sites (tertiary alicyclic amines) is 1. The number of nitrogens with one attached hydrogen (secondary N) is 2. The molecular formula is C20H31N5OS. The molecule has 0 aromatic carbocycles. The lowest BCUT2D eigenvalue weighted by Crippen LogP contribution is -2.41. The normalized spacial score (nSPS) is 18.6. The van der Waals surface area contributed by atoms with E-state index in [1.54, 1.807) is 17.6 Å². The molecule has 0 amide bonds. The number of oxazole rings is 1. The monoisotopic (exact) mass is 389 g/mol. The van der Waals surface area contributed by atoms with Gasteiger partial charge in [0.05, 0.1) is 11.4 Å². The van der Waals surface area contributed by atoms with E-state index in [4.69, 9.17) is 4.42 Å². The van der Waals surface area contributed by atoms with Crippen LogP contribution in [-0.2, 0) is 6.54 Å². The number of rotatable bonds is 8. The van der Waals surface area contributed by atoms with Crippen molar-refractivity contribution in [3.05, 3.63) is 29.5 Å². The van der Waals surface area contributed by atoms with E-state index >= 15 is 0 Å². The highest BCUT2D eigenvalue weighted by molar-refractivity contribution is 7.13. The second-order valence-electron chi connectivity index (χ2n) is 6.98. The van der Waals surface area contributed by atoms with Gasteiger partial charge >= 0.3 is 0 Å². The number of aliphatic imine (C=N–C) groups is 1. The van der Waals surface area contributed by atoms with E-state index in [0.29, 0.717) is 12.4 Å². The summed E-state index contributed by atoms with van der Waals surface area (Å²) < 4.78 is 5.56. The predicted octanol–water partition coefficient (Wildman–Crippen LogP) is 3.72. The third-order valence-electron chi connectivity index (χ3n) is 4.88. The van der Waals surface area contributed by atoms with E-state index in [1.165, 1.54) is 25.8 Å². The van der Waals surface area contributed by atoms with Crippen molar-refractivity contribution in [1.29, 1.82) is 0 Å². The minimum atomic E-state index is 0.507. The number of piperidine rings is 1. The molecule has 1 atom stereocenters. The van der Waals surface area contributed by atoms with Gasteiger partial charge in [-0.15, -0.1) is 11.3 Å². The molecule has 7 heteroatoms. The standard InChI is InChI=1S/C20H31N5OS/c1-3-21-20(22-10-7-12-25-11-5-4-8-16(25)2)23-14-17-15-26-19(24-17)18-9-6-13-27-18/h6,9,13,15-16H,3-5,7-8,10-12,14H2,1-2H3,(H2,21,22,23). The number of thiophene rings is 1. The number of hydrogen-bond acceptors (Lipinski definition) is 5. The molecule has 0 saturated carbocycles. The maximum Gasteiger partial charge on any atom is 0.236 e. The van der Waals surface area contributed by atoms with Crippen LogP contribution in [0.4, 0.5) is 0 Å². The van der Waals surface area contributed by atoms with Gasteiger partial charge in [-0.3, -0.25) is 0 Å². The second-order valence-corrected chi connectivity index (χ2v) is 7.93. The zero-order valence-corrected chi connectivity index (χ0v) is 17.2. The van der Waals surface area contributed by atoms with Crippen LogP contribution in [0.1, 0.15) is 45.2 Å². The summed E-state index contributed by atoms with van der Waals surface area (Å²) in [5.74, 6) is 1.51. The van der Waals surface area contributed by atoms with Crippen LogP contribution in [0.3, 0.4) is 0 Å². The van der Waals surface area contributed by atoms with Crippen LogP contribution in [-0.4, -0.2) is 48.1 Å². The molecule has 27 heavy (non-hydrogen) atoms. The molecule has 1 aliphatic rings. The van der Waals surface area contributed by atoms with Crippen molar-refractivity contribution < 1.29 is 4.42 Å². The molecule has 0 aliphatic carbocycles. The number of hydrogen-bond donors (Lipinski definition) is 2. The Hall–Kier alpha value is -1.86. The maximum atomic E-state index is 5.56. The minimum absolute atomic E-state index is 0.507. The van der Waals surface area contributed by atoms with Gasteiger partial charge in [-0.2, -0.15) is 0 Å². The lowest BCUT2D eigenvalue weighted by atomic mass is 10.0. The van der Waals surface area contributed by atoms with Crippen molar-refractivity contribution in [2.45, 2.75) is 52.1 Å². The van der Waals surface area contributed by atoms with Crippen LogP contribution >= 0.6 is 11.3 Å². The number of nitrogens with zero attached hydrogens (tertiary/aromatic N) is 3. The molecule has 2 N–H and O–H groups in total. The Kier molecular flexibility index (Phi) is 7.71. The summed E-state index contributed by atoms with van der Waals surface area (Å²) in [5, 5.41) is 8.76. The Bertz CT molecular complexity index is 697. The van der Waals surface area contributed by atoms with Crippen LogP contribution in [0, 0.1) is 0 Å². The first-order chi connectivity index (χ1) is 13.3. The molecule has 0 radical (unpaired) electrons. The van der Waals surface area contributed by atoms with Crippen LogP contribution in [0.5, 0.6) is 0 Å². The Labute approximate surface area is 166 Å². The minimum Gasteiger partial charge on any atom is -0.443 e. The quantitative estimate of drug-likeness (QED) is 0.409. The van der Waals surface area contributed by atoms with Gasteiger partial charge in [0, 0.05) is 25.7 Å². The Morgan fingerprint density at radius 2 is 2.33 bits per heavy atom. The van der Waals surface area contributed by atoms with E-state index < -0.39 is 0 Å². The molecular weight excluding hydrogens is 358 g/mol. The molecule has 1 unspecified atom stereocenters. The summed E-state index contributed by atoms with van der Waals surface area (Å²) in [4.78, 5) is 12.8. The average molecular weight is 390 g/mol. The zero-order chi connectivity index (χ0) is 18.9. The average Bonchev–Trinajstić information content (AvgIpc) is 3.36. The fraction of sp³-hybridized carbons (Fsp3) is 0.600. The molecule has 1 fully saturated rings. The number of guanidine groups is 1. The predicted molar refractivity (Wildman–Crippen MR) is 112 cm³/mol. The van der Waals surface area contributed by atoms with Crippen molar-refractivity contribution in [2.75, 3.05) is 26.2 Å². The molecule has 3 heterocycles. The lowest BCUT2D eigenvalue weighted by Gasteiger charge is -2.33. The van der Waals surface area contributed by atoms with Gasteiger partial charge in [0.2, 0.25) is 5.89 Å². The first-order valence-corrected chi connectivity index (χ1v) is 10.9. The molecule has 2 aromatic rings. The van der Waals surface area contributed by atoms with Gasteiger partial charge in [0.15, 0.2) is 5.96 Å². The fourth-order valence-corrected chi connectivity index (χ4v) is 4.03. The smallest absolute Gasteiger partial charge is 0.236 e. The summed E-state index contributed by atoms with van der Waals surface area (Å²) in [6.45, 7) is 9.10. The first kappa shape index (κ1) is 19.9. The van der Waals surface area contributed by atoms with Crippen LogP contribution in [0.15, 0.2) is 33.2 Å². The van der Waals surface area contributed by atoms with Crippen molar-refractivity contribution in [3.8, 4) is 10.8 Å². The molecule has 0 bridgehead atoms. The third kappa shape index (κ3) is 6.07. The molecule has 6 nitrogen and oxygen atoms in total. The third-order valence-corrected chi connectivity index (χ3v) is 5.74. The van der Waals surface area contributed by atoms with Gasteiger partial charge in [-0.1, -0.05) is 12.5 Å². The van der Waals surface area contributed by atoms with Gasteiger partial charge in [0.1, 0.15) is 12.0 Å². The zero-order valence-electron chi connectivity index (χ0n) is 16.4. The molecule has 148 valence electrons. The fourth-order valence-electron chi connectivity index (χ4n) is 3.37. The topological polar surface area (TPSA) is 65.7 Å². The van der Waals surface area contributed by atoms with Gasteiger partial charge in [-0.05, 0) is 51.1 Å². The largest absolute Gasteiger partial charge is 0.443 e. The van der Waals surface area contributed by atoms with E-state index in [1.807, 2.05) is 17.5 Å². The van der Waals surface area contributed by atoms with Crippen molar-refractivity contribution in [3.63, 3.8) is 0 Å². The summed E-state index contributed by atoms with van der Waals surface area (Å²) in [6.07, 6.45) is 6.88. The van der Waals surface area contributed by atoms with E-state index in [9.17, 15) is 0 Å². The SMILES string of the molecule is CCNC(=NCc1coc(-c2cccs2)n1)NCCCN1CCCCC1C. The molecule has 1 aliphatic heterocycles.